The van der Waals surface area contributed by atoms with E-state index in [1.165, 1.54) is 17.8 Å². The molecular weight excluding hydrogens is 310 g/mol. The predicted molar refractivity (Wildman–Crippen MR) is 79.3 cm³/mol. The lowest BCUT2D eigenvalue weighted by Crippen LogP contribution is -2.14. The summed E-state index contributed by atoms with van der Waals surface area (Å²) in [6.07, 6.45) is 1.85. The lowest BCUT2D eigenvalue weighted by atomic mass is 10.3. The van der Waals surface area contributed by atoms with Gasteiger partial charge in [0.05, 0.1) is 5.69 Å². The van der Waals surface area contributed by atoms with Gasteiger partial charge in [0, 0.05) is 11.1 Å². The van der Waals surface area contributed by atoms with Gasteiger partial charge in [-0.15, -0.1) is 10.2 Å². The quantitative estimate of drug-likeness (QED) is 0.698. The fourth-order valence-corrected chi connectivity index (χ4v) is 3.36. The summed E-state index contributed by atoms with van der Waals surface area (Å²) in [6.45, 7) is 0. The molecule has 1 aromatic carbocycles. The molecule has 0 saturated carbocycles. The standard InChI is InChI=1S/C12H11N5O2S2/c13-9-7-8(4-5-10(9)21(14,18)19)20-12-16-15-11-3-1-2-6-17(11)12/h1-7H,13H2,(H2,14,18,19). The molecule has 0 aliphatic rings. The largest absolute Gasteiger partial charge is 0.398 e. The molecule has 0 radical (unpaired) electrons. The molecule has 4 N–H and O–H groups in total. The highest BCUT2D eigenvalue weighted by Crippen LogP contribution is 2.30. The Hall–Kier alpha value is -2.10. The zero-order chi connectivity index (χ0) is 15.0. The molecule has 21 heavy (non-hydrogen) atoms. The molecule has 0 aliphatic carbocycles. The fraction of sp³-hybridized carbons (Fsp3) is 0. The molecular formula is C12H11N5O2S2. The number of primary sulfonamides is 1. The maximum absolute atomic E-state index is 11.3. The van der Waals surface area contributed by atoms with Crippen molar-refractivity contribution in [2.24, 2.45) is 5.14 Å². The van der Waals surface area contributed by atoms with Gasteiger partial charge >= 0.3 is 0 Å². The highest BCUT2D eigenvalue weighted by atomic mass is 32.2. The van der Waals surface area contributed by atoms with Crippen LogP contribution < -0.4 is 10.9 Å². The van der Waals surface area contributed by atoms with E-state index in [9.17, 15) is 8.42 Å². The zero-order valence-corrected chi connectivity index (χ0v) is 12.3. The number of aromatic nitrogens is 3. The number of anilines is 1. The number of rotatable bonds is 3. The average Bonchev–Trinajstić information content (AvgIpc) is 2.81. The fourth-order valence-electron chi connectivity index (χ4n) is 1.84. The van der Waals surface area contributed by atoms with Crippen molar-refractivity contribution in [3.05, 3.63) is 42.6 Å². The average molecular weight is 321 g/mol. The molecule has 0 atom stereocenters. The minimum absolute atomic E-state index is 0.0852. The summed E-state index contributed by atoms with van der Waals surface area (Å²) in [6, 6.07) is 10.2. The topological polar surface area (TPSA) is 116 Å². The van der Waals surface area contributed by atoms with Gasteiger partial charge in [-0.2, -0.15) is 0 Å². The number of benzene rings is 1. The molecule has 3 aromatic rings. The van der Waals surface area contributed by atoms with Crippen LogP contribution in [0.15, 0.2) is 57.5 Å². The maximum Gasteiger partial charge on any atom is 0.240 e. The Morgan fingerprint density at radius 2 is 1.95 bits per heavy atom. The van der Waals surface area contributed by atoms with E-state index in [2.05, 4.69) is 10.2 Å². The van der Waals surface area contributed by atoms with E-state index in [1.54, 1.807) is 12.1 Å². The maximum atomic E-state index is 11.3. The predicted octanol–water partition coefficient (Wildman–Crippen LogP) is 1.11. The van der Waals surface area contributed by atoms with Gasteiger partial charge in [0.15, 0.2) is 10.8 Å². The monoisotopic (exact) mass is 321 g/mol. The summed E-state index contributed by atoms with van der Waals surface area (Å²) < 4.78 is 24.5. The first-order chi connectivity index (χ1) is 9.95. The summed E-state index contributed by atoms with van der Waals surface area (Å²) >= 11 is 1.33. The Balaban J connectivity index is 1.97. The minimum atomic E-state index is -3.81. The first-order valence-electron chi connectivity index (χ1n) is 5.85. The van der Waals surface area contributed by atoms with Crippen molar-refractivity contribution in [3.63, 3.8) is 0 Å². The third-order valence-electron chi connectivity index (χ3n) is 2.78. The zero-order valence-electron chi connectivity index (χ0n) is 10.7. The van der Waals surface area contributed by atoms with Crippen molar-refractivity contribution < 1.29 is 8.42 Å². The highest BCUT2D eigenvalue weighted by molar-refractivity contribution is 7.99. The Morgan fingerprint density at radius 1 is 1.14 bits per heavy atom. The Morgan fingerprint density at radius 3 is 2.67 bits per heavy atom. The molecule has 2 heterocycles. The summed E-state index contributed by atoms with van der Waals surface area (Å²) in [5, 5.41) is 13.9. The molecule has 0 amide bonds. The molecule has 9 heteroatoms. The molecule has 108 valence electrons. The van der Waals surface area contributed by atoms with E-state index in [4.69, 9.17) is 10.9 Å². The Bertz CT molecular complexity index is 920. The van der Waals surface area contributed by atoms with Crippen LogP contribution in [0.1, 0.15) is 0 Å². The molecule has 0 spiro atoms. The summed E-state index contributed by atoms with van der Waals surface area (Å²) in [5.41, 5.74) is 6.57. The number of pyridine rings is 1. The van der Waals surface area contributed by atoms with Gasteiger partial charge in [-0.25, -0.2) is 13.6 Å². The smallest absolute Gasteiger partial charge is 0.240 e. The molecule has 7 nitrogen and oxygen atoms in total. The Labute approximate surface area is 125 Å². The third kappa shape index (κ3) is 2.71. The second kappa shape index (κ2) is 5.02. The van der Waals surface area contributed by atoms with E-state index in [0.29, 0.717) is 5.16 Å². The molecule has 3 rings (SSSR count). The van der Waals surface area contributed by atoms with Crippen molar-refractivity contribution in [2.45, 2.75) is 14.9 Å². The van der Waals surface area contributed by atoms with Crippen LogP contribution in [0, 0.1) is 0 Å². The number of nitrogen functional groups attached to an aromatic ring is 1. The van der Waals surface area contributed by atoms with Crippen LogP contribution in [0.4, 0.5) is 5.69 Å². The number of hydrogen-bond donors (Lipinski definition) is 2. The third-order valence-corrected chi connectivity index (χ3v) is 4.71. The van der Waals surface area contributed by atoms with E-state index in [1.807, 2.05) is 28.8 Å². The molecule has 0 fully saturated rings. The van der Waals surface area contributed by atoms with E-state index < -0.39 is 10.0 Å². The molecule has 0 aliphatic heterocycles. The second-order valence-corrected chi connectivity index (χ2v) is 6.83. The number of nitrogens with two attached hydrogens (primary N) is 2. The van der Waals surface area contributed by atoms with Gasteiger partial charge in [0.25, 0.3) is 0 Å². The van der Waals surface area contributed by atoms with Crippen LogP contribution in [0.5, 0.6) is 0 Å². The van der Waals surface area contributed by atoms with E-state index >= 15 is 0 Å². The van der Waals surface area contributed by atoms with Crippen molar-refractivity contribution in [3.8, 4) is 0 Å². The molecule has 2 aromatic heterocycles. The minimum Gasteiger partial charge on any atom is -0.398 e. The first-order valence-corrected chi connectivity index (χ1v) is 8.21. The van der Waals surface area contributed by atoms with Crippen LogP contribution in [0.3, 0.4) is 0 Å². The van der Waals surface area contributed by atoms with Crippen molar-refractivity contribution >= 4 is 33.1 Å². The number of sulfonamides is 1. The molecule has 0 saturated heterocycles. The van der Waals surface area contributed by atoms with Gasteiger partial charge in [0.1, 0.15) is 4.90 Å². The first kappa shape index (κ1) is 13.9. The lowest BCUT2D eigenvalue weighted by Gasteiger charge is -2.05. The summed E-state index contributed by atoms with van der Waals surface area (Å²) in [4.78, 5) is 0.663. The molecule has 0 bridgehead atoms. The number of nitrogens with zero attached hydrogens (tertiary/aromatic N) is 3. The Kier molecular flexibility index (Phi) is 3.32. The van der Waals surface area contributed by atoms with Crippen LogP contribution >= 0.6 is 11.8 Å². The van der Waals surface area contributed by atoms with Gasteiger partial charge in [0.2, 0.25) is 10.0 Å². The van der Waals surface area contributed by atoms with Crippen LogP contribution in [-0.4, -0.2) is 23.0 Å². The highest BCUT2D eigenvalue weighted by Gasteiger charge is 2.14. The normalized spacial score (nSPS) is 11.9. The van der Waals surface area contributed by atoms with Crippen LogP contribution in [0.2, 0.25) is 0 Å². The van der Waals surface area contributed by atoms with Crippen LogP contribution in [-0.2, 0) is 10.0 Å². The van der Waals surface area contributed by atoms with Gasteiger partial charge in [-0.3, -0.25) is 4.40 Å². The summed E-state index contributed by atoms with van der Waals surface area (Å²) in [5.74, 6) is 0. The van der Waals surface area contributed by atoms with Crippen molar-refractivity contribution in [2.75, 3.05) is 5.73 Å². The van der Waals surface area contributed by atoms with E-state index in [-0.39, 0.29) is 10.6 Å². The second-order valence-electron chi connectivity index (χ2n) is 4.26. The number of hydrogen-bond acceptors (Lipinski definition) is 6. The lowest BCUT2D eigenvalue weighted by molar-refractivity contribution is 0.598. The SMILES string of the molecule is Nc1cc(Sc2nnc3ccccn23)ccc1S(N)(=O)=O. The summed E-state index contributed by atoms with van der Waals surface area (Å²) in [7, 11) is -3.81. The van der Waals surface area contributed by atoms with Crippen molar-refractivity contribution in [1.82, 2.24) is 14.6 Å². The van der Waals surface area contributed by atoms with Gasteiger partial charge in [-0.1, -0.05) is 6.07 Å². The molecule has 0 unspecified atom stereocenters. The van der Waals surface area contributed by atoms with Gasteiger partial charge in [-0.05, 0) is 42.1 Å². The van der Waals surface area contributed by atoms with Crippen molar-refractivity contribution in [1.29, 1.82) is 0 Å². The van der Waals surface area contributed by atoms with Gasteiger partial charge < -0.3 is 5.73 Å². The van der Waals surface area contributed by atoms with E-state index in [0.717, 1.165) is 10.5 Å². The van der Waals surface area contributed by atoms with Crippen LogP contribution in [0.25, 0.3) is 5.65 Å². The number of fused-ring (bicyclic) bond motifs is 1.